The van der Waals surface area contributed by atoms with Crippen LogP contribution in [0.5, 0.6) is 0 Å². The molecule has 1 heterocycles. The van der Waals surface area contributed by atoms with Gasteiger partial charge in [0.05, 0.1) is 18.2 Å². The van der Waals surface area contributed by atoms with Crippen molar-refractivity contribution in [3.63, 3.8) is 0 Å². The molecule has 0 saturated carbocycles. The number of nitrogens with zero attached hydrogens (tertiary/aromatic N) is 2. The van der Waals surface area contributed by atoms with Crippen LogP contribution < -0.4 is 5.32 Å². The van der Waals surface area contributed by atoms with Crippen LogP contribution in [-0.2, 0) is 17.6 Å². The first-order valence-electron chi connectivity index (χ1n) is 6.89. The third-order valence-electron chi connectivity index (χ3n) is 3.21. The van der Waals surface area contributed by atoms with Gasteiger partial charge in [-0.25, -0.2) is 9.37 Å². The van der Waals surface area contributed by atoms with Crippen LogP contribution in [0.25, 0.3) is 0 Å². The lowest BCUT2D eigenvalue weighted by Gasteiger charge is -2.02. The van der Waals surface area contributed by atoms with Crippen LogP contribution in [0.3, 0.4) is 0 Å². The van der Waals surface area contributed by atoms with Gasteiger partial charge in [-0.05, 0) is 31.2 Å². The lowest BCUT2D eigenvalue weighted by Crippen LogP contribution is -2.14. The number of hydrogen-bond acceptors (Lipinski definition) is 5. The fraction of sp³-hybridized carbons (Fsp3) is 0.312. The van der Waals surface area contributed by atoms with E-state index < -0.39 is 6.04 Å². The lowest BCUT2D eigenvalue weighted by atomic mass is 10.1. The molecule has 2 aromatic rings. The zero-order chi connectivity index (χ0) is 15.9. The largest absolute Gasteiger partial charge is 0.300 e. The summed E-state index contributed by atoms with van der Waals surface area (Å²) in [4.78, 5) is 16.3. The highest BCUT2D eigenvalue weighted by Gasteiger charge is 2.14. The SMILES string of the molecule is CNC(C#N)c1csc(CC(=O)CCc2cccc(F)c2)n1. The quantitative estimate of drug-likeness (QED) is 0.853. The molecule has 1 unspecified atom stereocenters. The van der Waals surface area contributed by atoms with Crippen LogP contribution in [0, 0.1) is 17.1 Å². The van der Waals surface area contributed by atoms with Crippen LogP contribution >= 0.6 is 11.3 Å². The van der Waals surface area contributed by atoms with Gasteiger partial charge in [0.1, 0.15) is 22.6 Å². The molecule has 0 bridgehead atoms. The first-order chi connectivity index (χ1) is 10.6. The smallest absolute Gasteiger partial charge is 0.140 e. The van der Waals surface area contributed by atoms with Crippen LogP contribution in [0.2, 0.25) is 0 Å². The van der Waals surface area contributed by atoms with E-state index in [1.165, 1.54) is 23.5 Å². The minimum Gasteiger partial charge on any atom is -0.300 e. The molecule has 2 rings (SSSR count). The highest BCUT2D eigenvalue weighted by Crippen LogP contribution is 2.17. The van der Waals surface area contributed by atoms with E-state index in [-0.39, 0.29) is 18.0 Å². The Bertz CT molecular complexity index is 693. The average Bonchev–Trinajstić information content (AvgIpc) is 2.95. The molecule has 0 aliphatic carbocycles. The van der Waals surface area contributed by atoms with Crippen molar-refractivity contribution in [2.75, 3.05) is 7.05 Å². The zero-order valence-corrected chi connectivity index (χ0v) is 13.0. The number of carbonyl (C=O) groups is 1. The van der Waals surface area contributed by atoms with Gasteiger partial charge in [-0.15, -0.1) is 11.3 Å². The molecule has 0 aliphatic rings. The predicted molar refractivity (Wildman–Crippen MR) is 83.0 cm³/mol. The summed E-state index contributed by atoms with van der Waals surface area (Å²) in [6, 6.07) is 7.92. The second-order valence-corrected chi connectivity index (χ2v) is 5.80. The van der Waals surface area contributed by atoms with Gasteiger partial charge in [0.25, 0.3) is 0 Å². The highest BCUT2D eigenvalue weighted by atomic mass is 32.1. The van der Waals surface area contributed by atoms with Gasteiger partial charge in [0.2, 0.25) is 0 Å². The lowest BCUT2D eigenvalue weighted by molar-refractivity contribution is -0.118. The van der Waals surface area contributed by atoms with Crippen molar-refractivity contribution in [3.8, 4) is 6.07 Å². The molecule has 0 radical (unpaired) electrons. The van der Waals surface area contributed by atoms with Crippen LogP contribution in [0.15, 0.2) is 29.6 Å². The number of carbonyl (C=O) groups excluding carboxylic acids is 1. The maximum absolute atomic E-state index is 13.1. The van der Waals surface area contributed by atoms with Gasteiger partial charge in [0.15, 0.2) is 0 Å². The molecular weight excluding hydrogens is 301 g/mol. The molecule has 0 amide bonds. The zero-order valence-electron chi connectivity index (χ0n) is 12.2. The molecule has 4 nitrogen and oxygen atoms in total. The van der Waals surface area contributed by atoms with Crippen molar-refractivity contribution in [2.24, 2.45) is 0 Å². The number of ketones is 1. The number of halogens is 1. The van der Waals surface area contributed by atoms with Gasteiger partial charge in [-0.2, -0.15) is 5.26 Å². The second-order valence-electron chi connectivity index (χ2n) is 4.86. The number of thiazole rings is 1. The summed E-state index contributed by atoms with van der Waals surface area (Å²) in [5.74, 6) is -0.229. The maximum Gasteiger partial charge on any atom is 0.140 e. The fourth-order valence-corrected chi connectivity index (χ4v) is 2.90. The van der Waals surface area contributed by atoms with Crippen LogP contribution in [0.4, 0.5) is 4.39 Å². The number of nitriles is 1. The van der Waals surface area contributed by atoms with E-state index in [4.69, 9.17) is 5.26 Å². The molecule has 1 aromatic heterocycles. The molecule has 22 heavy (non-hydrogen) atoms. The van der Waals surface area contributed by atoms with E-state index in [1.54, 1.807) is 18.5 Å². The van der Waals surface area contributed by atoms with Crippen molar-refractivity contribution < 1.29 is 9.18 Å². The second kappa shape index (κ2) is 7.78. The molecule has 1 atom stereocenters. The minimum absolute atomic E-state index is 0.0585. The molecule has 0 spiro atoms. The predicted octanol–water partition coefficient (Wildman–Crippen LogP) is 2.81. The topological polar surface area (TPSA) is 65.8 Å². The molecule has 114 valence electrons. The summed E-state index contributed by atoms with van der Waals surface area (Å²) in [7, 11) is 1.69. The Balaban J connectivity index is 1.88. The van der Waals surface area contributed by atoms with E-state index in [2.05, 4.69) is 16.4 Å². The molecule has 1 N–H and O–H groups in total. The maximum atomic E-state index is 13.1. The first-order valence-corrected chi connectivity index (χ1v) is 7.77. The average molecular weight is 317 g/mol. The molecule has 6 heteroatoms. The number of nitrogens with one attached hydrogen (secondary N) is 1. The summed E-state index contributed by atoms with van der Waals surface area (Å²) in [6.07, 6.45) is 1.13. The van der Waals surface area contributed by atoms with Gasteiger partial charge in [-0.1, -0.05) is 12.1 Å². The monoisotopic (exact) mass is 317 g/mol. The Labute approximate surface area is 132 Å². The van der Waals surface area contributed by atoms with E-state index in [9.17, 15) is 9.18 Å². The fourth-order valence-electron chi connectivity index (χ4n) is 2.05. The van der Waals surface area contributed by atoms with E-state index >= 15 is 0 Å². The standard InChI is InChI=1S/C16H16FN3OS/c1-19-14(9-18)15-10-22-16(20-15)8-13(21)6-5-11-3-2-4-12(17)7-11/h2-4,7,10,14,19H,5-6,8H2,1H3. The van der Waals surface area contributed by atoms with Crippen LogP contribution in [0.1, 0.15) is 28.7 Å². The van der Waals surface area contributed by atoms with Gasteiger partial charge in [0, 0.05) is 11.8 Å². The van der Waals surface area contributed by atoms with E-state index in [0.717, 1.165) is 5.56 Å². The summed E-state index contributed by atoms with van der Waals surface area (Å²) >= 11 is 1.38. The Morgan fingerprint density at radius 3 is 3.05 bits per heavy atom. The molecule has 0 saturated heterocycles. The number of aryl methyl sites for hydroxylation is 1. The number of benzene rings is 1. The van der Waals surface area contributed by atoms with Crippen molar-refractivity contribution in [2.45, 2.75) is 25.3 Å². The highest BCUT2D eigenvalue weighted by molar-refractivity contribution is 7.09. The summed E-state index contributed by atoms with van der Waals surface area (Å²) in [6.45, 7) is 0. The van der Waals surface area contributed by atoms with E-state index in [0.29, 0.717) is 23.5 Å². The van der Waals surface area contributed by atoms with Crippen molar-refractivity contribution >= 4 is 17.1 Å². The third kappa shape index (κ3) is 4.45. The summed E-state index contributed by atoms with van der Waals surface area (Å²) < 4.78 is 13.1. The number of rotatable bonds is 7. The normalized spacial score (nSPS) is 11.9. The van der Waals surface area contributed by atoms with Gasteiger partial charge < -0.3 is 0 Å². The van der Waals surface area contributed by atoms with Crippen molar-refractivity contribution in [1.29, 1.82) is 5.26 Å². The van der Waals surface area contributed by atoms with Crippen LogP contribution in [-0.4, -0.2) is 17.8 Å². The summed E-state index contributed by atoms with van der Waals surface area (Å²) in [5, 5.41) is 14.3. The summed E-state index contributed by atoms with van der Waals surface area (Å²) in [5.41, 5.74) is 1.45. The Morgan fingerprint density at radius 1 is 1.55 bits per heavy atom. The van der Waals surface area contributed by atoms with Crippen molar-refractivity contribution in [3.05, 3.63) is 51.7 Å². The number of Topliss-reactive ketones (excluding diaryl/α,β-unsaturated/α-hetero) is 1. The minimum atomic E-state index is -0.451. The Morgan fingerprint density at radius 2 is 2.36 bits per heavy atom. The van der Waals surface area contributed by atoms with Gasteiger partial charge in [-0.3, -0.25) is 10.1 Å². The molecule has 1 aromatic carbocycles. The molecule has 0 aliphatic heterocycles. The number of aromatic nitrogens is 1. The van der Waals surface area contributed by atoms with Crippen molar-refractivity contribution in [1.82, 2.24) is 10.3 Å². The molecule has 0 fully saturated rings. The Hall–Kier alpha value is -2.10. The first kappa shape index (κ1) is 16.3. The van der Waals surface area contributed by atoms with E-state index in [1.807, 2.05) is 6.07 Å². The Kier molecular flexibility index (Phi) is 5.75. The van der Waals surface area contributed by atoms with Gasteiger partial charge >= 0.3 is 0 Å². The third-order valence-corrected chi connectivity index (χ3v) is 4.08. The molecular formula is C16H16FN3OS. The number of hydrogen-bond donors (Lipinski definition) is 1.